The second kappa shape index (κ2) is 6.10. The SMILES string of the molecule is CCc1cc(CNC)cc(N2CCN3CCCC3C2)n1. The third-order valence-corrected chi connectivity index (χ3v) is 4.58. The Morgan fingerprint density at radius 3 is 3.00 bits per heavy atom. The molecule has 0 amide bonds. The quantitative estimate of drug-likeness (QED) is 0.904. The molecule has 4 heteroatoms. The molecule has 4 nitrogen and oxygen atoms in total. The average molecular weight is 274 g/mol. The highest BCUT2D eigenvalue weighted by Gasteiger charge is 2.31. The number of pyridine rings is 1. The van der Waals surface area contributed by atoms with Crippen molar-refractivity contribution in [2.24, 2.45) is 0 Å². The van der Waals surface area contributed by atoms with E-state index in [9.17, 15) is 0 Å². The summed E-state index contributed by atoms with van der Waals surface area (Å²) in [5.74, 6) is 1.18. The van der Waals surface area contributed by atoms with Crippen LogP contribution in [0.4, 0.5) is 5.82 Å². The Balaban J connectivity index is 1.79. The molecule has 2 saturated heterocycles. The normalized spacial score (nSPS) is 23.1. The van der Waals surface area contributed by atoms with E-state index in [0.717, 1.165) is 32.1 Å². The van der Waals surface area contributed by atoms with Crippen LogP contribution in [0.5, 0.6) is 0 Å². The zero-order valence-corrected chi connectivity index (χ0v) is 12.7. The Morgan fingerprint density at radius 1 is 1.30 bits per heavy atom. The van der Waals surface area contributed by atoms with Crippen molar-refractivity contribution in [3.8, 4) is 0 Å². The summed E-state index contributed by atoms with van der Waals surface area (Å²) >= 11 is 0. The van der Waals surface area contributed by atoms with E-state index in [1.807, 2.05) is 7.05 Å². The lowest BCUT2D eigenvalue weighted by atomic mass is 10.1. The summed E-state index contributed by atoms with van der Waals surface area (Å²) in [6.45, 7) is 7.88. The topological polar surface area (TPSA) is 31.4 Å². The number of nitrogens with one attached hydrogen (secondary N) is 1. The molecule has 2 aliphatic rings. The standard InChI is InChI=1S/C16H26N4/c1-3-14-9-13(11-17-2)10-16(18-14)20-8-7-19-6-4-5-15(19)12-20/h9-10,15,17H,3-8,11-12H2,1-2H3. The van der Waals surface area contributed by atoms with Crippen LogP contribution in [-0.2, 0) is 13.0 Å². The molecule has 2 fully saturated rings. The van der Waals surface area contributed by atoms with Crippen LogP contribution in [0.3, 0.4) is 0 Å². The molecule has 110 valence electrons. The Labute approximate surface area is 122 Å². The van der Waals surface area contributed by atoms with E-state index in [2.05, 4.69) is 34.2 Å². The van der Waals surface area contributed by atoms with Gasteiger partial charge in [0.1, 0.15) is 5.82 Å². The number of hydrogen-bond donors (Lipinski definition) is 1. The van der Waals surface area contributed by atoms with Crippen molar-refractivity contribution in [3.05, 3.63) is 23.4 Å². The van der Waals surface area contributed by atoms with Crippen molar-refractivity contribution < 1.29 is 0 Å². The van der Waals surface area contributed by atoms with E-state index in [1.54, 1.807) is 0 Å². The fraction of sp³-hybridized carbons (Fsp3) is 0.688. The number of rotatable bonds is 4. The zero-order valence-electron chi connectivity index (χ0n) is 12.7. The van der Waals surface area contributed by atoms with Crippen molar-refractivity contribution in [2.75, 3.05) is 38.1 Å². The minimum absolute atomic E-state index is 0.753. The monoisotopic (exact) mass is 274 g/mol. The summed E-state index contributed by atoms with van der Waals surface area (Å²) in [7, 11) is 2.00. The molecule has 3 rings (SSSR count). The highest BCUT2D eigenvalue weighted by molar-refractivity contribution is 5.44. The number of aromatic nitrogens is 1. The minimum Gasteiger partial charge on any atom is -0.354 e. The Hall–Kier alpha value is -1.13. The van der Waals surface area contributed by atoms with Gasteiger partial charge in [-0.05, 0) is 50.6 Å². The molecule has 0 spiro atoms. The van der Waals surface area contributed by atoms with Crippen molar-refractivity contribution in [3.63, 3.8) is 0 Å². The van der Waals surface area contributed by atoms with E-state index < -0.39 is 0 Å². The van der Waals surface area contributed by atoms with Gasteiger partial charge in [-0.1, -0.05) is 6.92 Å². The number of fused-ring (bicyclic) bond motifs is 1. The first-order chi connectivity index (χ1) is 9.80. The van der Waals surface area contributed by atoms with Crippen LogP contribution in [0.1, 0.15) is 31.0 Å². The van der Waals surface area contributed by atoms with Crippen LogP contribution in [0, 0.1) is 0 Å². The van der Waals surface area contributed by atoms with E-state index in [4.69, 9.17) is 4.98 Å². The summed E-state index contributed by atoms with van der Waals surface area (Å²) in [4.78, 5) is 9.99. The predicted octanol–water partition coefficient (Wildman–Crippen LogP) is 1.65. The maximum absolute atomic E-state index is 4.85. The average Bonchev–Trinajstić information content (AvgIpc) is 2.94. The van der Waals surface area contributed by atoms with Gasteiger partial charge in [-0.2, -0.15) is 0 Å². The highest BCUT2D eigenvalue weighted by atomic mass is 15.3. The fourth-order valence-electron chi connectivity index (χ4n) is 3.48. The van der Waals surface area contributed by atoms with Crippen LogP contribution < -0.4 is 10.2 Å². The molecule has 3 heterocycles. The van der Waals surface area contributed by atoms with Crippen LogP contribution in [0.25, 0.3) is 0 Å². The summed E-state index contributed by atoms with van der Waals surface area (Å²) in [6.07, 6.45) is 3.73. The molecule has 1 unspecified atom stereocenters. The van der Waals surface area contributed by atoms with Crippen LogP contribution in [0.2, 0.25) is 0 Å². The first kappa shape index (κ1) is 13.8. The molecular formula is C16H26N4. The lowest BCUT2D eigenvalue weighted by molar-refractivity contribution is 0.230. The van der Waals surface area contributed by atoms with Crippen LogP contribution in [0.15, 0.2) is 12.1 Å². The van der Waals surface area contributed by atoms with E-state index in [0.29, 0.717) is 0 Å². The maximum atomic E-state index is 4.85. The van der Waals surface area contributed by atoms with Crippen molar-refractivity contribution in [1.29, 1.82) is 0 Å². The van der Waals surface area contributed by atoms with E-state index in [-0.39, 0.29) is 0 Å². The van der Waals surface area contributed by atoms with Crippen molar-refractivity contribution in [2.45, 2.75) is 38.8 Å². The largest absolute Gasteiger partial charge is 0.354 e. The molecule has 1 atom stereocenters. The van der Waals surface area contributed by atoms with Gasteiger partial charge in [0.15, 0.2) is 0 Å². The van der Waals surface area contributed by atoms with Gasteiger partial charge in [-0.15, -0.1) is 0 Å². The van der Waals surface area contributed by atoms with Gasteiger partial charge in [0.25, 0.3) is 0 Å². The van der Waals surface area contributed by atoms with Crippen molar-refractivity contribution in [1.82, 2.24) is 15.2 Å². The summed E-state index contributed by atoms with van der Waals surface area (Å²) in [5.41, 5.74) is 2.56. The Morgan fingerprint density at radius 2 is 2.20 bits per heavy atom. The lowest BCUT2D eigenvalue weighted by Gasteiger charge is -2.38. The molecule has 0 aliphatic carbocycles. The summed E-state index contributed by atoms with van der Waals surface area (Å²) in [5, 5.41) is 3.25. The Bertz CT molecular complexity index is 460. The number of nitrogens with zero attached hydrogens (tertiary/aromatic N) is 3. The van der Waals surface area contributed by atoms with Gasteiger partial charge in [0.2, 0.25) is 0 Å². The molecule has 1 aromatic heterocycles. The smallest absolute Gasteiger partial charge is 0.129 e. The van der Waals surface area contributed by atoms with Gasteiger partial charge in [0, 0.05) is 37.9 Å². The zero-order chi connectivity index (χ0) is 13.9. The third-order valence-electron chi connectivity index (χ3n) is 4.58. The van der Waals surface area contributed by atoms with Crippen molar-refractivity contribution >= 4 is 5.82 Å². The van der Waals surface area contributed by atoms with Gasteiger partial charge in [0.05, 0.1) is 0 Å². The molecule has 1 aromatic rings. The molecule has 0 bridgehead atoms. The number of hydrogen-bond acceptors (Lipinski definition) is 4. The van der Waals surface area contributed by atoms with Crippen LogP contribution >= 0.6 is 0 Å². The number of aryl methyl sites for hydroxylation is 1. The molecule has 0 aromatic carbocycles. The van der Waals surface area contributed by atoms with E-state index >= 15 is 0 Å². The lowest BCUT2D eigenvalue weighted by Crippen LogP contribution is -2.50. The molecule has 1 N–H and O–H groups in total. The first-order valence-corrected chi connectivity index (χ1v) is 7.93. The van der Waals surface area contributed by atoms with Gasteiger partial charge >= 0.3 is 0 Å². The summed E-state index contributed by atoms with van der Waals surface area (Å²) < 4.78 is 0. The second-order valence-electron chi connectivity index (χ2n) is 5.99. The molecule has 0 saturated carbocycles. The predicted molar refractivity (Wildman–Crippen MR) is 83.2 cm³/mol. The molecule has 2 aliphatic heterocycles. The van der Waals surface area contributed by atoms with Crippen LogP contribution in [-0.4, -0.2) is 49.2 Å². The molecular weight excluding hydrogens is 248 g/mol. The molecule has 0 radical (unpaired) electrons. The third kappa shape index (κ3) is 2.81. The van der Waals surface area contributed by atoms with Gasteiger partial charge in [-0.25, -0.2) is 4.98 Å². The number of anilines is 1. The van der Waals surface area contributed by atoms with Gasteiger partial charge < -0.3 is 10.2 Å². The van der Waals surface area contributed by atoms with Gasteiger partial charge in [-0.3, -0.25) is 4.90 Å². The fourth-order valence-corrected chi connectivity index (χ4v) is 3.48. The first-order valence-electron chi connectivity index (χ1n) is 7.93. The molecule has 20 heavy (non-hydrogen) atoms. The Kier molecular flexibility index (Phi) is 4.22. The second-order valence-corrected chi connectivity index (χ2v) is 5.99. The maximum Gasteiger partial charge on any atom is 0.129 e. The minimum atomic E-state index is 0.753. The highest BCUT2D eigenvalue weighted by Crippen LogP contribution is 2.25. The number of piperazine rings is 1. The van der Waals surface area contributed by atoms with E-state index in [1.165, 1.54) is 43.0 Å². The summed E-state index contributed by atoms with van der Waals surface area (Å²) in [6, 6.07) is 5.25.